The van der Waals surface area contributed by atoms with E-state index in [1.54, 1.807) is 0 Å². The van der Waals surface area contributed by atoms with Crippen LogP contribution < -0.4 is 0 Å². The van der Waals surface area contributed by atoms with Gasteiger partial charge < -0.3 is 14.0 Å². The largest absolute Gasteiger partial charge is 0.454 e. The van der Waals surface area contributed by atoms with E-state index in [0.29, 0.717) is 15.6 Å². The van der Waals surface area contributed by atoms with Crippen LogP contribution in [0.5, 0.6) is 0 Å². The van der Waals surface area contributed by atoms with E-state index < -0.39 is 5.97 Å². The van der Waals surface area contributed by atoms with Crippen molar-refractivity contribution in [3.63, 3.8) is 0 Å². The van der Waals surface area contributed by atoms with Gasteiger partial charge in [-0.15, -0.1) is 0 Å². The van der Waals surface area contributed by atoms with Crippen LogP contribution in [0.4, 0.5) is 0 Å². The molecule has 0 radical (unpaired) electrons. The minimum atomic E-state index is -0.638. The third-order valence-electron chi connectivity index (χ3n) is 4.72. The number of aromatic nitrogens is 1. The van der Waals surface area contributed by atoms with Crippen LogP contribution in [-0.2, 0) is 16.0 Å². The highest BCUT2D eigenvalue weighted by Crippen LogP contribution is 2.22. The van der Waals surface area contributed by atoms with Gasteiger partial charge >= 0.3 is 5.97 Å². The molecule has 3 rings (SSSR count). The van der Waals surface area contributed by atoms with E-state index in [1.165, 1.54) is 18.2 Å². The van der Waals surface area contributed by atoms with E-state index in [0.717, 1.165) is 37.4 Å². The second kappa shape index (κ2) is 8.46. The molecule has 1 fully saturated rings. The first-order chi connectivity index (χ1) is 12.8. The van der Waals surface area contributed by atoms with Crippen LogP contribution in [0, 0.1) is 13.8 Å². The van der Waals surface area contributed by atoms with Crippen molar-refractivity contribution in [2.24, 2.45) is 0 Å². The predicted molar refractivity (Wildman–Crippen MR) is 104 cm³/mol. The average molecular weight is 410 g/mol. The summed E-state index contributed by atoms with van der Waals surface area (Å²) in [4.78, 5) is 24.7. The maximum atomic E-state index is 12.6. The summed E-state index contributed by atoms with van der Waals surface area (Å²) in [5.41, 5.74) is 2.61. The van der Waals surface area contributed by atoms with Gasteiger partial charge in [0, 0.05) is 40.1 Å². The van der Waals surface area contributed by atoms with Gasteiger partial charge in [-0.2, -0.15) is 0 Å². The monoisotopic (exact) mass is 409 g/mol. The second-order valence-electron chi connectivity index (χ2n) is 6.69. The Morgan fingerprint density at radius 2 is 1.89 bits per heavy atom. The normalized spacial score (nSPS) is 16.5. The lowest BCUT2D eigenvalue weighted by atomic mass is 10.1. The van der Waals surface area contributed by atoms with Gasteiger partial charge in [-0.1, -0.05) is 23.2 Å². The lowest BCUT2D eigenvalue weighted by Crippen LogP contribution is -2.18. The Kier molecular flexibility index (Phi) is 6.25. The summed E-state index contributed by atoms with van der Waals surface area (Å²) in [5.74, 6) is -0.885. The maximum absolute atomic E-state index is 12.6. The van der Waals surface area contributed by atoms with Gasteiger partial charge in [0.1, 0.15) is 0 Å². The predicted octanol–water partition coefficient (Wildman–Crippen LogP) is 4.63. The Bertz CT molecular complexity index is 849. The molecule has 2 aromatic rings. The number of hydrogen-bond donors (Lipinski definition) is 0. The molecule has 1 saturated heterocycles. The van der Waals surface area contributed by atoms with Crippen molar-refractivity contribution >= 4 is 35.0 Å². The molecule has 2 heterocycles. The quantitative estimate of drug-likeness (QED) is 0.515. The van der Waals surface area contributed by atoms with Crippen molar-refractivity contribution < 1.29 is 19.1 Å². The first-order valence-electron chi connectivity index (χ1n) is 8.80. The lowest BCUT2D eigenvalue weighted by molar-refractivity contribution is 0.0474. The van der Waals surface area contributed by atoms with Gasteiger partial charge in [-0.05, 0) is 51.0 Å². The molecular weight excluding hydrogens is 389 g/mol. The molecular formula is C20H21Cl2NO4. The maximum Gasteiger partial charge on any atom is 0.338 e. The fraction of sp³-hybridized carbons (Fsp3) is 0.400. The molecule has 144 valence electrons. The number of rotatable bonds is 6. The number of aryl methyl sites for hydroxylation is 1. The summed E-state index contributed by atoms with van der Waals surface area (Å²) < 4.78 is 12.9. The Balaban J connectivity index is 1.66. The van der Waals surface area contributed by atoms with Gasteiger partial charge in [-0.25, -0.2) is 4.79 Å². The zero-order valence-electron chi connectivity index (χ0n) is 15.3. The number of nitrogens with zero attached hydrogens (tertiary/aromatic N) is 1. The lowest BCUT2D eigenvalue weighted by Gasteiger charge is -2.14. The van der Waals surface area contributed by atoms with Gasteiger partial charge in [0.05, 0.1) is 11.7 Å². The molecule has 1 aliphatic heterocycles. The molecule has 0 amide bonds. The minimum absolute atomic E-state index is 0.183. The van der Waals surface area contributed by atoms with Crippen molar-refractivity contribution in [3.05, 3.63) is 56.8 Å². The van der Waals surface area contributed by atoms with Crippen LogP contribution in [0.25, 0.3) is 0 Å². The van der Waals surface area contributed by atoms with Gasteiger partial charge in [0.15, 0.2) is 6.61 Å². The third kappa shape index (κ3) is 4.72. The topological polar surface area (TPSA) is 57.5 Å². The molecule has 5 nitrogen and oxygen atoms in total. The SMILES string of the molecule is Cc1cc(C(=O)COC(=O)c2cc(Cl)cc(Cl)c2)c(C)n1C[C@H]1CCCO1. The number of carbonyl (C=O) groups is 2. The summed E-state index contributed by atoms with van der Waals surface area (Å²) in [7, 11) is 0. The molecule has 1 atom stereocenters. The Morgan fingerprint density at radius 1 is 1.19 bits per heavy atom. The van der Waals surface area contributed by atoms with Crippen LogP contribution in [0.15, 0.2) is 24.3 Å². The number of Topliss-reactive ketones (excluding diaryl/α,β-unsaturated/α-hetero) is 1. The van der Waals surface area contributed by atoms with E-state index in [9.17, 15) is 9.59 Å². The van der Waals surface area contributed by atoms with Crippen LogP contribution in [-0.4, -0.2) is 35.6 Å². The van der Waals surface area contributed by atoms with E-state index in [-0.39, 0.29) is 24.1 Å². The first-order valence-corrected chi connectivity index (χ1v) is 9.55. The van der Waals surface area contributed by atoms with Gasteiger partial charge in [0.25, 0.3) is 0 Å². The number of ketones is 1. The van der Waals surface area contributed by atoms with Crippen molar-refractivity contribution in [2.75, 3.05) is 13.2 Å². The van der Waals surface area contributed by atoms with Crippen LogP contribution >= 0.6 is 23.2 Å². The Hall–Kier alpha value is -1.82. The summed E-state index contributed by atoms with van der Waals surface area (Å²) in [6.45, 7) is 5.03. The average Bonchev–Trinajstić information content (AvgIpc) is 3.22. The first kappa shape index (κ1) is 19.9. The number of benzene rings is 1. The summed E-state index contributed by atoms with van der Waals surface area (Å²) in [6, 6.07) is 6.26. The molecule has 7 heteroatoms. The highest BCUT2D eigenvalue weighted by molar-refractivity contribution is 6.35. The fourth-order valence-corrected chi connectivity index (χ4v) is 3.85. The molecule has 1 aromatic carbocycles. The highest BCUT2D eigenvalue weighted by atomic mass is 35.5. The number of esters is 1. The van der Waals surface area contributed by atoms with Crippen molar-refractivity contribution in [2.45, 2.75) is 39.3 Å². The molecule has 0 aliphatic carbocycles. The van der Waals surface area contributed by atoms with E-state index >= 15 is 0 Å². The summed E-state index contributed by atoms with van der Waals surface area (Å²) >= 11 is 11.8. The third-order valence-corrected chi connectivity index (χ3v) is 5.15. The van der Waals surface area contributed by atoms with E-state index in [4.69, 9.17) is 32.7 Å². The smallest absolute Gasteiger partial charge is 0.338 e. The number of halogens is 2. The Labute approximate surface area is 168 Å². The number of ether oxygens (including phenoxy) is 2. The van der Waals surface area contributed by atoms with E-state index in [2.05, 4.69) is 4.57 Å². The number of hydrogen-bond acceptors (Lipinski definition) is 4. The molecule has 0 N–H and O–H groups in total. The van der Waals surface area contributed by atoms with Gasteiger partial charge in [-0.3, -0.25) is 4.79 Å². The summed E-state index contributed by atoms with van der Waals surface area (Å²) in [6.07, 6.45) is 2.28. The number of carbonyl (C=O) groups excluding carboxylic acids is 2. The molecule has 27 heavy (non-hydrogen) atoms. The molecule has 1 aliphatic rings. The molecule has 0 spiro atoms. The molecule has 0 saturated carbocycles. The van der Waals surface area contributed by atoms with Gasteiger partial charge in [0.2, 0.25) is 5.78 Å². The van der Waals surface area contributed by atoms with Crippen molar-refractivity contribution in [1.82, 2.24) is 4.57 Å². The van der Waals surface area contributed by atoms with Crippen LogP contribution in [0.1, 0.15) is 44.9 Å². The summed E-state index contributed by atoms with van der Waals surface area (Å²) in [5, 5.41) is 0.664. The van der Waals surface area contributed by atoms with Crippen LogP contribution in [0.2, 0.25) is 10.0 Å². The Morgan fingerprint density at radius 3 is 2.52 bits per heavy atom. The second-order valence-corrected chi connectivity index (χ2v) is 7.56. The van der Waals surface area contributed by atoms with Crippen molar-refractivity contribution in [3.8, 4) is 0 Å². The molecule has 0 unspecified atom stereocenters. The van der Waals surface area contributed by atoms with Crippen LogP contribution in [0.3, 0.4) is 0 Å². The molecule has 1 aromatic heterocycles. The zero-order valence-corrected chi connectivity index (χ0v) is 16.8. The fourth-order valence-electron chi connectivity index (χ4n) is 3.32. The standard InChI is InChI=1S/C20H21Cl2NO4/c1-12-6-18(13(2)23(12)10-17-4-3-5-26-17)19(24)11-27-20(25)14-7-15(21)9-16(22)8-14/h6-9,17H,3-5,10-11H2,1-2H3/t17-/m1/s1. The van der Waals surface area contributed by atoms with Crippen molar-refractivity contribution in [1.29, 1.82) is 0 Å². The molecule has 0 bridgehead atoms. The zero-order chi connectivity index (χ0) is 19.6. The highest BCUT2D eigenvalue weighted by Gasteiger charge is 2.22. The van der Waals surface area contributed by atoms with E-state index in [1.807, 2.05) is 19.9 Å². The minimum Gasteiger partial charge on any atom is -0.454 e.